The fourth-order valence-electron chi connectivity index (χ4n) is 4.35. The summed E-state index contributed by atoms with van der Waals surface area (Å²) in [7, 11) is 0. The van der Waals surface area contributed by atoms with E-state index in [9.17, 15) is 4.79 Å². The highest BCUT2D eigenvalue weighted by Gasteiger charge is 2.36. The lowest BCUT2D eigenvalue weighted by molar-refractivity contribution is -0.360. The van der Waals surface area contributed by atoms with E-state index in [1.807, 2.05) is 18.2 Å². The molecule has 1 aromatic heterocycles. The number of carbonyl (C=O) groups is 1. The van der Waals surface area contributed by atoms with Gasteiger partial charge in [0, 0.05) is 29.5 Å². The van der Waals surface area contributed by atoms with Gasteiger partial charge in [0.1, 0.15) is 0 Å². The number of rotatable bonds is 3. The monoisotopic (exact) mass is 358 g/mol. The summed E-state index contributed by atoms with van der Waals surface area (Å²) in [6.45, 7) is 0.339. The molecule has 5 N–H and O–H groups in total. The lowest BCUT2D eigenvalue weighted by atomic mass is 9.70. The fraction of sp³-hybridized carbons (Fsp3) is 0.368. The van der Waals surface area contributed by atoms with Gasteiger partial charge in [0.2, 0.25) is 5.52 Å². The number of amides is 1. The number of nitrogens with two attached hydrogens (primary N) is 2. The number of nitrogen functional groups attached to an aromatic ring is 1. The molecule has 0 spiro atoms. The van der Waals surface area contributed by atoms with Crippen LogP contribution in [0.1, 0.15) is 36.4 Å². The van der Waals surface area contributed by atoms with E-state index >= 15 is 0 Å². The molecule has 1 heterocycles. The van der Waals surface area contributed by atoms with Crippen molar-refractivity contribution in [2.45, 2.75) is 31.6 Å². The largest absolute Gasteiger partial charge is 0.449 e. The van der Waals surface area contributed by atoms with Crippen molar-refractivity contribution < 1.29 is 14.5 Å². The predicted molar refractivity (Wildman–Crippen MR) is 97.3 cm³/mol. The molecular weight excluding hydrogens is 338 g/mol. The topological polar surface area (TPSA) is 92.5 Å². The Morgan fingerprint density at radius 3 is 3.00 bits per heavy atom. The molecule has 1 aromatic carbocycles. The number of allylic oxidation sites excluding steroid dienone is 1. The van der Waals surface area contributed by atoms with Gasteiger partial charge in [-0.1, -0.05) is 23.3 Å². The van der Waals surface area contributed by atoms with Gasteiger partial charge < -0.3 is 16.2 Å². The maximum absolute atomic E-state index is 10.7. The zero-order valence-electron chi connectivity index (χ0n) is 13.8. The summed E-state index contributed by atoms with van der Waals surface area (Å²) in [6, 6.07) is 5.79. The molecule has 5 nitrogen and oxygen atoms in total. The van der Waals surface area contributed by atoms with Crippen LogP contribution in [-0.2, 0) is 11.2 Å². The van der Waals surface area contributed by atoms with Crippen molar-refractivity contribution in [3.05, 3.63) is 46.1 Å². The Labute approximate surface area is 151 Å². The second kappa shape index (κ2) is 6.23. The molecule has 0 fully saturated rings. The fourth-order valence-corrected chi connectivity index (χ4v) is 4.52. The van der Waals surface area contributed by atoms with Crippen molar-refractivity contribution in [3.63, 3.8) is 0 Å². The van der Waals surface area contributed by atoms with Crippen LogP contribution in [0.2, 0.25) is 5.02 Å². The number of carbonyl (C=O) groups excluding carboxylic acids is 1. The van der Waals surface area contributed by atoms with Gasteiger partial charge in [-0.05, 0) is 36.8 Å². The molecule has 130 valence electrons. The molecule has 1 amide bonds. The van der Waals surface area contributed by atoms with Crippen LogP contribution in [0.3, 0.4) is 0 Å². The highest BCUT2D eigenvalue weighted by molar-refractivity contribution is 6.31. The van der Waals surface area contributed by atoms with Crippen LogP contribution in [0.5, 0.6) is 0 Å². The Morgan fingerprint density at radius 2 is 2.20 bits per heavy atom. The first-order chi connectivity index (χ1) is 12.0. The van der Waals surface area contributed by atoms with E-state index in [0.29, 0.717) is 23.5 Å². The SMILES string of the molecule is NC(=O)OCCC1=CC2Cc3[nH+]c4cc(Cl)ccc4c(N)c3C(C1)C2. The number of fused-ring (bicyclic) bond motifs is 5. The quantitative estimate of drug-likeness (QED) is 0.824. The second-order valence-corrected chi connectivity index (χ2v) is 7.40. The number of hydrogen-bond donors (Lipinski definition) is 2. The molecule has 2 bridgehead atoms. The molecule has 2 aromatic rings. The Balaban J connectivity index is 1.66. The highest BCUT2D eigenvalue weighted by Crippen LogP contribution is 2.46. The van der Waals surface area contributed by atoms with E-state index in [-0.39, 0.29) is 0 Å². The van der Waals surface area contributed by atoms with Crippen LogP contribution in [-0.4, -0.2) is 12.7 Å². The number of aromatic nitrogens is 1. The minimum atomic E-state index is -0.717. The lowest BCUT2D eigenvalue weighted by Crippen LogP contribution is -2.30. The van der Waals surface area contributed by atoms with Crippen molar-refractivity contribution in [2.24, 2.45) is 11.7 Å². The van der Waals surface area contributed by atoms with Gasteiger partial charge in [-0.15, -0.1) is 0 Å². The predicted octanol–water partition coefficient (Wildman–Crippen LogP) is 3.35. The number of H-pyrrole nitrogens is 1. The first-order valence-electron chi connectivity index (χ1n) is 8.56. The van der Waals surface area contributed by atoms with Crippen molar-refractivity contribution in [1.82, 2.24) is 0 Å². The summed E-state index contributed by atoms with van der Waals surface area (Å²) >= 11 is 6.12. The van der Waals surface area contributed by atoms with Crippen LogP contribution in [0.15, 0.2) is 29.8 Å². The summed E-state index contributed by atoms with van der Waals surface area (Å²) in [5, 5.41) is 1.73. The van der Waals surface area contributed by atoms with Crippen molar-refractivity contribution in [3.8, 4) is 0 Å². The average molecular weight is 359 g/mol. The smallest absolute Gasteiger partial charge is 0.404 e. The van der Waals surface area contributed by atoms with Gasteiger partial charge in [0.25, 0.3) is 0 Å². The molecular formula is C19H21ClN3O2+. The van der Waals surface area contributed by atoms with E-state index in [1.54, 1.807) is 0 Å². The first kappa shape index (κ1) is 16.2. The molecule has 2 unspecified atom stereocenters. The number of anilines is 1. The number of benzene rings is 1. The van der Waals surface area contributed by atoms with Gasteiger partial charge in [-0.3, -0.25) is 0 Å². The Hall–Kier alpha value is -2.27. The standard InChI is InChI=1S/C19H20ClN3O2/c20-13-1-2-14-15(9-13)23-16-8-11-5-10(3-4-25-19(22)24)6-12(7-11)17(16)18(14)21/h1-2,5,9,11-12H,3-4,6-8H2,(H2,21,23)(H2,22,24)/p+1. The molecule has 2 aliphatic carbocycles. The van der Waals surface area contributed by atoms with Crippen LogP contribution >= 0.6 is 11.6 Å². The Kier molecular flexibility index (Phi) is 4.04. The van der Waals surface area contributed by atoms with Crippen LogP contribution in [0.25, 0.3) is 10.9 Å². The van der Waals surface area contributed by atoms with Crippen LogP contribution in [0.4, 0.5) is 10.5 Å². The molecule has 0 saturated heterocycles. The average Bonchev–Trinajstić information content (AvgIpc) is 2.53. The summed E-state index contributed by atoms with van der Waals surface area (Å²) in [5.41, 5.74) is 17.2. The number of aromatic amines is 1. The third-order valence-corrected chi connectivity index (χ3v) is 5.52. The maximum atomic E-state index is 10.7. The van der Waals surface area contributed by atoms with Gasteiger partial charge >= 0.3 is 6.09 Å². The minimum absolute atomic E-state index is 0.339. The van der Waals surface area contributed by atoms with Crippen molar-refractivity contribution in [1.29, 1.82) is 0 Å². The number of halogens is 1. The van der Waals surface area contributed by atoms with Gasteiger partial charge in [-0.2, -0.15) is 0 Å². The molecule has 2 aliphatic rings. The van der Waals surface area contributed by atoms with Crippen molar-refractivity contribution in [2.75, 3.05) is 12.3 Å². The molecule has 4 rings (SSSR count). The maximum Gasteiger partial charge on any atom is 0.404 e. The van der Waals surface area contributed by atoms with Gasteiger partial charge in [-0.25, -0.2) is 9.78 Å². The first-order valence-corrected chi connectivity index (χ1v) is 8.93. The van der Waals surface area contributed by atoms with Gasteiger partial charge in [0.05, 0.1) is 17.7 Å². The molecule has 2 atom stereocenters. The normalized spacial score (nSPS) is 21.6. The number of pyridine rings is 1. The van der Waals surface area contributed by atoms with Crippen LogP contribution < -0.4 is 16.5 Å². The Bertz CT molecular complexity index is 894. The molecule has 0 aliphatic heterocycles. The zero-order chi connectivity index (χ0) is 17.6. The van der Waals surface area contributed by atoms with E-state index in [2.05, 4.69) is 11.1 Å². The molecule has 6 heteroatoms. The number of primary amides is 1. The number of hydrogen-bond acceptors (Lipinski definition) is 3. The summed E-state index contributed by atoms with van der Waals surface area (Å²) in [5.74, 6) is 0.890. The van der Waals surface area contributed by atoms with Crippen LogP contribution in [0, 0.1) is 5.92 Å². The van der Waals surface area contributed by atoms with Crippen molar-refractivity contribution >= 4 is 34.3 Å². The lowest BCUT2D eigenvalue weighted by Gasteiger charge is -2.33. The number of nitrogens with one attached hydrogen (secondary N) is 1. The molecule has 0 radical (unpaired) electrons. The molecule has 0 saturated carbocycles. The Morgan fingerprint density at radius 1 is 1.36 bits per heavy atom. The van der Waals surface area contributed by atoms with E-state index in [4.69, 9.17) is 27.8 Å². The summed E-state index contributed by atoms with van der Waals surface area (Å²) in [4.78, 5) is 14.3. The zero-order valence-corrected chi connectivity index (χ0v) is 14.6. The third kappa shape index (κ3) is 3.04. The van der Waals surface area contributed by atoms with E-state index in [0.717, 1.165) is 42.3 Å². The van der Waals surface area contributed by atoms with Gasteiger partial charge in [0.15, 0.2) is 5.69 Å². The van der Waals surface area contributed by atoms with E-state index < -0.39 is 6.09 Å². The minimum Gasteiger partial charge on any atom is -0.449 e. The second-order valence-electron chi connectivity index (χ2n) is 6.96. The number of ether oxygens (including phenoxy) is 1. The van der Waals surface area contributed by atoms with E-state index in [1.165, 1.54) is 16.8 Å². The molecule has 25 heavy (non-hydrogen) atoms. The summed E-state index contributed by atoms with van der Waals surface area (Å²) in [6.07, 6.45) is 5.35. The third-order valence-electron chi connectivity index (χ3n) is 5.28. The summed E-state index contributed by atoms with van der Waals surface area (Å²) < 4.78 is 4.88. The highest BCUT2D eigenvalue weighted by atomic mass is 35.5.